The van der Waals surface area contributed by atoms with Gasteiger partial charge >= 0.3 is 66.6 Å². The summed E-state index contributed by atoms with van der Waals surface area (Å²) in [4.78, 5) is 10.5. The normalized spacial score (nSPS) is 11.2. The van der Waals surface area contributed by atoms with Gasteiger partial charge < -0.3 is 65.8 Å². The number of ether oxygens (including phenoxy) is 9. The average Bonchev–Trinajstić information content (AvgIpc) is 1.57. The van der Waals surface area contributed by atoms with Crippen molar-refractivity contribution in [2.45, 2.75) is 152 Å². The molecule has 17 nitrogen and oxygen atoms in total. The van der Waals surface area contributed by atoms with Gasteiger partial charge in [-0.15, -0.1) is 5.60 Å². The zero-order chi connectivity index (χ0) is 67.0. The fraction of sp³-hybridized carbons (Fsp3) is 0.507. The van der Waals surface area contributed by atoms with Gasteiger partial charge in [-0.1, -0.05) is 159 Å². The van der Waals surface area contributed by atoms with Crippen LogP contribution < -0.4 is 99.1 Å². The Morgan fingerprint density at radius 3 is 1.01 bits per heavy atom. The number of rotatable bonds is 38. The Bertz CT molecular complexity index is 2920. The maximum absolute atomic E-state index is 13.3. The fourth-order valence-corrected chi connectivity index (χ4v) is 12.0. The van der Waals surface area contributed by atoms with Gasteiger partial charge in [0, 0.05) is 33.4 Å². The minimum absolute atomic E-state index is 0. The van der Waals surface area contributed by atoms with E-state index in [1.54, 1.807) is 88.0 Å². The third-order valence-corrected chi connectivity index (χ3v) is 16.8. The first-order valence-corrected chi connectivity index (χ1v) is 34.8. The fourth-order valence-electron chi connectivity index (χ4n) is 8.59. The average molecular weight is 1330 g/mol. The molecule has 0 atom stereocenters. The van der Waals surface area contributed by atoms with Crippen LogP contribution in [0, 0.1) is 6.92 Å². The summed E-state index contributed by atoms with van der Waals surface area (Å²) < 4.78 is 101. The molecule has 0 aliphatic heterocycles. The number of para-hydroxylation sites is 3. The Hall–Kier alpha value is -4.65. The van der Waals surface area contributed by atoms with E-state index in [0.29, 0.717) is 77.6 Å². The standard InChI is InChI=1S/C34H42O5.C24H44O8P2.C9H10O3.C4H9O.K/c1-7-9-23-38-33-28(19-17-26-14-11-13-25(3)31(26)36-5)21-22-29(34(33)39-24-10-8-2)20-18-27-15-12-16-30(35-4)32(27)37-6;1-7-13-17-27-23-21(19-33(25,29-9-3)30-10-4)15-16-22(24(23)28-18-14-8-2)20-34(26,31-11-5)32-12-6;1-11-8-5-3-4-7(6-10)9(8)12-2;1-4(2,3)5;/h11-22H,7-10,23-24H2,1-6H3;15-16H,7-14,17-20H2,1-6H3;3-6H,1-2H3;1-3H3;/q;;;-1;+1/b19-17+,20-18+;;;;. The van der Waals surface area contributed by atoms with E-state index < -0.39 is 20.8 Å². The van der Waals surface area contributed by atoms with E-state index in [1.165, 1.54) is 14.2 Å². The number of hydrogen-bond acceptors (Lipinski definition) is 17. The number of hydrogen-bond donors (Lipinski definition) is 0. The number of methoxy groups -OCH3 is 5. The minimum atomic E-state index is -3.38. The summed E-state index contributed by atoms with van der Waals surface area (Å²) in [5.41, 5.74) is 6.00. The smallest absolute Gasteiger partial charge is 0.850 e. The molecule has 502 valence electrons. The molecule has 0 radical (unpaired) electrons. The molecule has 0 amide bonds. The molecule has 0 aliphatic rings. The molecule has 0 heterocycles. The van der Waals surface area contributed by atoms with Crippen LogP contribution in [0.4, 0.5) is 0 Å². The number of benzene rings is 5. The molecule has 5 rings (SSSR count). The Morgan fingerprint density at radius 2 is 0.703 bits per heavy atom. The Morgan fingerprint density at radius 1 is 0.407 bits per heavy atom. The van der Waals surface area contributed by atoms with Crippen molar-refractivity contribution >= 4 is 45.8 Å². The monoisotopic (exact) mass is 1330 g/mol. The zero-order valence-corrected chi connectivity index (χ0v) is 62.9. The third-order valence-electron chi connectivity index (χ3n) is 12.8. The number of unbranched alkanes of at least 4 members (excludes halogenated alkanes) is 4. The van der Waals surface area contributed by atoms with Gasteiger partial charge in [-0.3, -0.25) is 13.9 Å². The summed E-state index contributed by atoms with van der Waals surface area (Å²) in [6.07, 6.45) is 16.7. The Balaban J connectivity index is 0.000000720. The summed E-state index contributed by atoms with van der Waals surface area (Å²) in [5, 5.41) is 10.1. The Kier molecular flexibility index (Phi) is 43.8. The molecule has 0 unspecified atom stereocenters. The van der Waals surface area contributed by atoms with Gasteiger partial charge in [0.2, 0.25) is 0 Å². The van der Waals surface area contributed by atoms with Crippen molar-refractivity contribution in [1.29, 1.82) is 0 Å². The molecule has 0 saturated carbocycles. The van der Waals surface area contributed by atoms with Crippen molar-refractivity contribution in [3.05, 3.63) is 123 Å². The van der Waals surface area contributed by atoms with Gasteiger partial charge in [-0.25, -0.2) is 0 Å². The van der Waals surface area contributed by atoms with Crippen molar-refractivity contribution in [2.75, 3.05) is 88.4 Å². The van der Waals surface area contributed by atoms with Crippen LogP contribution in [-0.2, 0) is 39.5 Å². The first kappa shape index (κ1) is 84.4. The van der Waals surface area contributed by atoms with E-state index in [1.807, 2.05) is 61.5 Å². The van der Waals surface area contributed by atoms with Crippen LogP contribution in [0.2, 0.25) is 0 Å². The molecule has 5 aromatic rings. The minimum Gasteiger partial charge on any atom is -0.850 e. The van der Waals surface area contributed by atoms with Gasteiger partial charge in [0.05, 0.1) is 106 Å². The SMILES string of the molecule is CC(C)(C)[O-].CCCCOc1c(/C=C/c2cccc(C)c2OC)ccc(/C=C/c2cccc(OC)c2OC)c1OCCCC.CCCCOc1c(CP(=O)(OCC)OCC)ccc(CP(=O)(OCC)OCC)c1OCCCC.COc1cccc(C=O)c1OC.[K+]. The maximum atomic E-state index is 13.3. The van der Waals surface area contributed by atoms with Crippen LogP contribution in [0.1, 0.15) is 177 Å². The van der Waals surface area contributed by atoms with Crippen molar-refractivity contribution in [2.24, 2.45) is 0 Å². The molecular formula is C71H105KO17P2. The molecule has 0 aliphatic carbocycles. The van der Waals surface area contributed by atoms with Crippen LogP contribution in [0.5, 0.6) is 51.7 Å². The quantitative estimate of drug-likeness (QED) is 0.0119. The van der Waals surface area contributed by atoms with Gasteiger partial charge in [-0.2, -0.15) is 0 Å². The first-order valence-electron chi connectivity index (χ1n) is 31.4. The Labute approximate surface area is 588 Å². The predicted octanol–water partition coefficient (Wildman–Crippen LogP) is 15.0. The van der Waals surface area contributed by atoms with E-state index in [4.69, 9.17) is 60.7 Å². The van der Waals surface area contributed by atoms with Gasteiger partial charge in [-0.05, 0) is 84.1 Å². The predicted molar refractivity (Wildman–Crippen MR) is 363 cm³/mol. The van der Waals surface area contributed by atoms with E-state index in [9.17, 15) is 19.0 Å². The summed E-state index contributed by atoms with van der Waals surface area (Å²) >= 11 is 0. The van der Waals surface area contributed by atoms with Crippen molar-refractivity contribution in [3.63, 3.8) is 0 Å². The van der Waals surface area contributed by atoms with E-state index in [0.717, 1.165) is 103 Å². The van der Waals surface area contributed by atoms with Gasteiger partial charge in [0.15, 0.2) is 52.3 Å². The number of aryl methyl sites for hydroxylation is 1. The molecule has 0 bridgehead atoms. The van der Waals surface area contributed by atoms with Crippen LogP contribution in [0.25, 0.3) is 24.3 Å². The zero-order valence-electron chi connectivity index (χ0n) is 58.0. The largest absolute Gasteiger partial charge is 1.00 e. The van der Waals surface area contributed by atoms with Crippen molar-refractivity contribution < 1.29 is 131 Å². The summed E-state index contributed by atoms with van der Waals surface area (Å²) in [5.74, 6) is 5.77. The van der Waals surface area contributed by atoms with Crippen LogP contribution in [0.3, 0.4) is 0 Å². The van der Waals surface area contributed by atoms with Crippen molar-refractivity contribution in [1.82, 2.24) is 0 Å². The van der Waals surface area contributed by atoms with Crippen molar-refractivity contribution in [3.8, 4) is 51.7 Å². The second kappa shape index (κ2) is 47.3. The summed E-state index contributed by atoms with van der Waals surface area (Å²) in [6.45, 7) is 25.8. The topological polar surface area (TPSA) is 194 Å². The molecule has 0 fully saturated rings. The van der Waals surface area contributed by atoms with E-state index in [2.05, 4.69) is 58.0 Å². The summed E-state index contributed by atoms with van der Waals surface area (Å²) in [6, 6.07) is 24.9. The molecule has 0 aromatic heterocycles. The third kappa shape index (κ3) is 30.5. The molecule has 5 aromatic carbocycles. The van der Waals surface area contributed by atoms with Crippen LogP contribution in [-0.4, -0.2) is 100 Å². The molecule has 0 spiro atoms. The van der Waals surface area contributed by atoms with Crippen LogP contribution >= 0.6 is 15.2 Å². The number of carbonyl (C=O) groups is 1. The number of carbonyl (C=O) groups excluding carboxylic acids is 1. The number of aldehydes is 1. The van der Waals surface area contributed by atoms with E-state index >= 15 is 0 Å². The molecular weight excluding hydrogens is 1230 g/mol. The molecule has 0 N–H and O–H groups in total. The second-order valence-corrected chi connectivity index (χ2v) is 25.3. The summed E-state index contributed by atoms with van der Waals surface area (Å²) in [7, 11) is 1.29. The maximum Gasteiger partial charge on any atom is 1.00 e. The first-order chi connectivity index (χ1) is 43.2. The molecule has 91 heavy (non-hydrogen) atoms. The van der Waals surface area contributed by atoms with Crippen LogP contribution in [0.15, 0.2) is 78.9 Å². The van der Waals surface area contributed by atoms with E-state index in [-0.39, 0.29) is 90.1 Å². The molecule has 20 heteroatoms. The molecule has 0 saturated heterocycles. The van der Waals surface area contributed by atoms with Gasteiger partial charge in [0.1, 0.15) is 5.75 Å². The second-order valence-electron chi connectivity index (χ2n) is 21.2. The van der Waals surface area contributed by atoms with Gasteiger partial charge in [0.25, 0.3) is 0 Å².